The van der Waals surface area contributed by atoms with Crippen LogP contribution in [-0.2, 0) is 9.84 Å². The predicted molar refractivity (Wildman–Crippen MR) is 63.6 cm³/mol. The molecule has 94 valence electrons. The molecule has 0 bridgehead atoms. The Hall–Kier alpha value is -0.170. The zero-order valence-corrected chi connectivity index (χ0v) is 10.4. The minimum absolute atomic E-state index is 0.188. The molecule has 0 aromatic carbocycles. The normalized spacial score (nSPS) is 35.3. The van der Waals surface area contributed by atoms with Crippen molar-refractivity contribution in [3.8, 4) is 0 Å². The van der Waals surface area contributed by atoms with Crippen molar-refractivity contribution in [2.45, 2.75) is 31.2 Å². The number of rotatable bonds is 3. The van der Waals surface area contributed by atoms with Crippen LogP contribution in [0.1, 0.15) is 25.7 Å². The van der Waals surface area contributed by atoms with Gasteiger partial charge in [-0.05, 0) is 19.3 Å². The first kappa shape index (κ1) is 12.3. The fourth-order valence-electron chi connectivity index (χ4n) is 2.55. The lowest BCUT2D eigenvalue weighted by atomic mass is 10.0. The lowest BCUT2D eigenvalue weighted by molar-refractivity contribution is 0.0940. The Morgan fingerprint density at radius 3 is 2.44 bits per heavy atom. The zero-order valence-electron chi connectivity index (χ0n) is 9.61. The summed E-state index contributed by atoms with van der Waals surface area (Å²) >= 11 is 0. The SMILES string of the molecule is NCC1(NN2CCCCC2)CCS(=O)(=O)C1. The van der Waals surface area contributed by atoms with Gasteiger partial charge in [0.2, 0.25) is 0 Å². The van der Waals surface area contributed by atoms with E-state index in [0.717, 1.165) is 13.1 Å². The molecular weight excluding hydrogens is 226 g/mol. The van der Waals surface area contributed by atoms with E-state index >= 15 is 0 Å². The Balaban J connectivity index is 1.99. The molecule has 0 saturated carbocycles. The minimum Gasteiger partial charge on any atom is -0.329 e. The first-order valence-electron chi connectivity index (χ1n) is 5.99. The molecular formula is C10H21N3O2S. The van der Waals surface area contributed by atoms with E-state index in [1.165, 1.54) is 19.3 Å². The number of hydrogen-bond donors (Lipinski definition) is 2. The second-order valence-corrected chi connectivity index (χ2v) is 7.17. The maximum absolute atomic E-state index is 11.5. The maximum atomic E-state index is 11.5. The molecule has 6 heteroatoms. The van der Waals surface area contributed by atoms with Crippen molar-refractivity contribution in [3.05, 3.63) is 0 Å². The second-order valence-electron chi connectivity index (χ2n) is 4.99. The average Bonchev–Trinajstić information content (AvgIpc) is 2.57. The van der Waals surface area contributed by atoms with Crippen molar-refractivity contribution in [3.63, 3.8) is 0 Å². The van der Waals surface area contributed by atoms with Gasteiger partial charge in [0.25, 0.3) is 0 Å². The lowest BCUT2D eigenvalue weighted by Gasteiger charge is -2.37. The Morgan fingerprint density at radius 1 is 1.25 bits per heavy atom. The summed E-state index contributed by atoms with van der Waals surface area (Å²) in [5, 5.41) is 2.15. The fraction of sp³-hybridized carbons (Fsp3) is 1.00. The predicted octanol–water partition coefficient (Wildman–Crippen LogP) is -0.507. The van der Waals surface area contributed by atoms with Gasteiger partial charge in [0.05, 0.1) is 17.0 Å². The van der Waals surface area contributed by atoms with Crippen LogP contribution in [0.4, 0.5) is 0 Å². The number of hydrogen-bond acceptors (Lipinski definition) is 5. The number of hydrazine groups is 1. The van der Waals surface area contributed by atoms with Gasteiger partial charge in [-0.1, -0.05) is 6.42 Å². The van der Waals surface area contributed by atoms with Crippen LogP contribution in [0, 0.1) is 0 Å². The summed E-state index contributed by atoms with van der Waals surface area (Å²) < 4.78 is 23.1. The van der Waals surface area contributed by atoms with Crippen LogP contribution in [0.5, 0.6) is 0 Å². The largest absolute Gasteiger partial charge is 0.329 e. The van der Waals surface area contributed by atoms with Crippen LogP contribution in [-0.4, -0.2) is 50.1 Å². The smallest absolute Gasteiger partial charge is 0.152 e. The van der Waals surface area contributed by atoms with E-state index in [1.807, 2.05) is 0 Å². The molecule has 5 nitrogen and oxygen atoms in total. The van der Waals surface area contributed by atoms with Crippen LogP contribution in [0.25, 0.3) is 0 Å². The summed E-state index contributed by atoms with van der Waals surface area (Å²) in [5.74, 6) is 0.456. The maximum Gasteiger partial charge on any atom is 0.152 e. The summed E-state index contributed by atoms with van der Waals surface area (Å²) in [6.07, 6.45) is 4.27. The van der Waals surface area contributed by atoms with E-state index < -0.39 is 15.4 Å². The van der Waals surface area contributed by atoms with Gasteiger partial charge in [0.15, 0.2) is 9.84 Å². The standard InChI is InChI=1S/C10H21N3O2S/c11-8-10(4-7-16(14,15)9-10)12-13-5-2-1-3-6-13/h12H,1-9,11H2. The molecule has 0 radical (unpaired) electrons. The molecule has 2 fully saturated rings. The highest BCUT2D eigenvalue weighted by Gasteiger charge is 2.42. The highest BCUT2D eigenvalue weighted by atomic mass is 32.2. The highest BCUT2D eigenvalue weighted by molar-refractivity contribution is 7.91. The van der Waals surface area contributed by atoms with E-state index in [1.54, 1.807) is 0 Å². The Bertz CT molecular complexity index is 338. The van der Waals surface area contributed by atoms with Crippen LogP contribution in [0.2, 0.25) is 0 Å². The Morgan fingerprint density at radius 2 is 1.94 bits per heavy atom. The van der Waals surface area contributed by atoms with Crippen LogP contribution >= 0.6 is 0 Å². The van der Waals surface area contributed by atoms with Gasteiger partial charge in [-0.15, -0.1) is 0 Å². The van der Waals surface area contributed by atoms with E-state index in [-0.39, 0.29) is 11.5 Å². The van der Waals surface area contributed by atoms with Crippen molar-refractivity contribution in [2.75, 3.05) is 31.1 Å². The van der Waals surface area contributed by atoms with E-state index in [0.29, 0.717) is 13.0 Å². The number of nitrogens with one attached hydrogen (secondary N) is 1. The lowest BCUT2D eigenvalue weighted by Crippen LogP contribution is -2.60. The summed E-state index contributed by atoms with van der Waals surface area (Å²) in [4.78, 5) is 0. The number of sulfone groups is 1. The molecule has 0 spiro atoms. The molecule has 2 rings (SSSR count). The molecule has 3 N–H and O–H groups in total. The van der Waals surface area contributed by atoms with Crippen LogP contribution in [0.15, 0.2) is 0 Å². The molecule has 0 amide bonds. The van der Waals surface area contributed by atoms with Crippen molar-refractivity contribution in [1.29, 1.82) is 0 Å². The van der Waals surface area contributed by atoms with Gasteiger partial charge in [0, 0.05) is 19.6 Å². The quantitative estimate of drug-likeness (QED) is 0.703. The third-order valence-electron chi connectivity index (χ3n) is 3.53. The van der Waals surface area contributed by atoms with Crippen LogP contribution < -0.4 is 11.2 Å². The van der Waals surface area contributed by atoms with Gasteiger partial charge in [0.1, 0.15) is 0 Å². The molecule has 1 atom stereocenters. The summed E-state index contributed by atoms with van der Waals surface area (Å²) in [6, 6.07) is 0. The molecule has 0 aromatic heterocycles. The number of piperidine rings is 1. The third-order valence-corrected chi connectivity index (χ3v) is 5.35. The molecule has 2 aliphatic heterocycles. The first-order chi connectivity index (χ1) is 7.55. The van der Waals surface area contributed by atoms with Crippen molar-refractivity contribution in [1.82, 2.24) is 10.4 Å². The molecule has 2 heterocycles. The molecule has 0 aliphatic carbocycles. The van der Waals surface area contributed by atoms with Gasteiger partial charge >= 0.3 is 0 Å². The molecule has 2 aliphatic rings. The summed E-state index contributed by atoms with van der Waals surface area (Å²) in [5.41, 5.74) is 8.71. The van der Waals surface area contributed by atoms with Gasteiger partial charge < -0.3 is 5.73 Å². The summed E-state index contributed by atoms with van der Waals surface area (Å²) in [6.45, 7) is 2.40. The zero-order chi connectivity index (χ0) is 11.6. The van der Waals surface area contributed by atoms with E-state index in [2.05, 4.69) is 10.4 Å². The molecule has 0 aromatic rings. The summed E-state index contributed by atoms with van der Waals surface area (Å²) in [7, 11) is -2.89. The Kier molecular flexibility index (Phi) is 3.53. The number of nitrogens with zero attached hydrogens (tertiary/aromatic N) is 1. The minimum atomic E-state index is -2.89. The van der Waals surface area contributed by atoms with E-state index in [4.69, 9.17) is 5.73 Å². The van der Waals surface area contributed by atoms with Gasteiger partial charge in [-0.2, -0.15) is 0 Å². The molecule has 1 unspecified atom stereocenters. The first-order valence-corrected chi connectivity index (χ1v) is 7.81. The van der Waals surface area contributed by atoms with Gasteiger partial charge in [-0.25, -0.2) is 18.9 Å². The monoisotopic (exact) mass is 247 g/mol. The van der Waals surface area contributed by atoms with E-state index in [9.17, 15) is 8.42 Å². The van der Waals surface area contributed by atoms with Crippen molar-refractivity contribution in [2.24, 2.45) is 5.73 Å². The van der Waals surface area contributed by atoms with Gasteiger partial charge in [-0.3, -0.25) is 0 Å². The number of nitrogens with two attached hydrogens (primary N) is 1. The average molecular weight is 247 g/mol. The Labute approximate surface area is 97.3 Å². The van der Waals surface area contributed by atoms with Crippen molar-refractivity contribution < 1.29 is 8.42 Å². The van der Waals surface area contributed by atoms with Crippen LogP contribution in [0.3, 0.4) is 0 Å². The second kappa shape index (κ2) is 4.60. The molecule has 16 heavy (non-hydrogen) atoms. The topological polar surface area (TPSA) is 75.4 Å². The van der Waals surface area contributed by atoms with Crippen molar-refractivity contribution >= 4 is 9.84 Å². The fourth-order valence-corrected chi connectivity index (χ4v) is 4.57. The molecule has 2 saturated heterocycles. The third kappa shape index (κ3) is 2.74. The highest BCUT2D eigenvalue weighted by Crippen LogP contribution is 2.23.